The van der Waals surface area contributed by atoms with Crippen LogP contribution in [0.25, 0.3) is 0 Å². The van der Waals surface area contributed by atoms with Crippen LogP contribution in [0, 0.1) is 6.92 Å². The van der Waals surface area contributed by atoms with Crippen LogP contribution in [0.2, 0.25) is 5.28 Å². The molecule has 1 heterocycles. The number of hydrogen-bond acceptors (Lipinski definition) is 8. The summed E-state index contributed by atoms with van der Waals surface area (Å²) < 4.78 is 21.5. The van der Waals surface area contributed by atoms with E-state index in [-0.39, 0.29) is 11.9 Å². The molecule has 0 radical (unpaired) electrons. The first-order valence-electron chi connectivity index (χ1n) is 9.48. The van der Waals surface area contributed by atoms with Gasteiger partial charge in [-0.1, -0.05) is 0 Å². The van der Waals surface area contributed by atoms with Gasteiger partial charge in [0.25, 0.3) is 0 Å². The zero-order valence-electron chi connectivity index (χ0n) is 17.3. The van der Waals surface area contributed by atoms with Crippen LogP contribution >= 0.6 is 11.6 Å². The molecule has 0 bridgehead atoms. The van der Waals surface area contributed by atoms with Gasteiger partial charge in [0, 0.05) is 36.8 Å². The van der Waals surface area contributed by atoms with Crippen LogP contribution in [0.4, 0.5) is 22.0 Å². The molecule has 0 fully saturated rings. The van der Waals surface area contributed by atoms with E-state index >= 15 is 0 Å². The fourth-order valence-electron chi connectivity index (χ4n) is 2.64. The Morgan fingerprint density at radius 3 is 2.70 bits per heavy atom. The predicted octanol–water partition coefficient (Wildman–Crippen LogP) is 3.94. The maximum Gasteiger partial charge on any atom is 0.442 e. The molecule has 164 valence electrons. The number of nitrogens with two attached hydrogens (primary N) is 1. The number of nitrogens with one attached hydrogen (secondary N) is 2. The first-order chi connectivity index (χ1) is 14.2. The van der Waals surface area contributed by atoms with E-state index in [4.69, 9.17) is 22.1 Å². The van der Waals surface area contributed by atoms with Gasteiger partial charge >= 0.3 is 6.09 Å². The van der Waals surface area contributed by atoms with E-state index in [1.807, 2.05) is 6.92 Å². The highest BCUT2D eigenvalue weighted by Gasteiger charge is 2.15. The Balaban J connectivity index is 1.95. The number of anilines is 3. The summed E-state index contributed by atoms with van der Waals surface area (Å²) in [6.45, 7) is 5.07. The number of aryl methyl sites for hydroxylation is 1. The number of benzene rings is 1. The summed E-state index contributed by atoms with van der Waals surface area (Å²) in [5.74, 6) is 0.715. The van der Waals surface area contributed by atoms with Crippen LogP contribution < -0.4 is 16.4 Å². The van der Waals surface area contributed by atoms with Crippen LogP contribution in [0.1, 0.15) is 25.3 Å². The van der Waals surface area contributed by atoms with Crippen molar-refractivity contribution in [3.8, 4) is 0 Å². The fourth-order valence-corrected chi connectivity index (χ4v) is 4.07. The van der Waals surface area contributed by atoms with Gasteiger partial charge in [0.1, 0.15) is 5.82 Å². The van der Waals surface area contributed by atoms with Gasteiger partial charge in [-0.15, -0.1) is 4.36 Å². The number of hydrogen-bond donors (Lipinski definition) is 3. The van der Waals surface area contributed by atoms with Crippen molar-refractivity contribution in [3.05, 3.63) is 35.2 Å². The van der Waals surface area contributed by atoms with Crippen molar-refractivity contribution in [2.45, 2.75) is 31.6 Å². The lowest BCUT2D eigenvalue weighted by Crippen LogP contribution is -2.11. The molecule has 1 atom stereocenters. The second-order valence-electron chi connectivity index (χ2n) is 6.58. The van der Waals surface area contributed by atoms with Gasteiger partial charge in [0.15, 0.2) is 0 Å². The molecule has 0 aliphatic carbocycles. The number of carbonyl (C=O) groups excluding carboxylic acids is 1. The zero-order valence-corrected chi connectivity index (χ0v) is 18.8. The summed E-state index contributed by atoms with van der Waals surface area (Å²) >= 11 is 5.82. The minimum absolute atomic E-state index is 0.166. The van der Waals surface area contributed by atoms with Gasteiger partial charge in [0.2, 0.25) is 5.28 Å². The highest BCUT2D eigenvalue weighted by atomic mass is 35.5. The summed E-state index contributed by atoms with van der Waals surface area (Å²) in [5.41, 5.74) is 7.90. The predicted molar refractivity (Wildman–Crippen MR) is 121 cm³/mol. The highest BCUT2D eigenvalue weighted by Crippen LogP contribution is 2.25. The molecule has 0 spiro atoms. The number of ether oxygens (including phenoxy) is 1. The summed E-state index contributed by atoms with van der Waals surface area (Å²) in [5, 5.41) is 6.68. The number of nitrogens with zero attached hydrogens (tertiary/aromatic N) is 3. The maximum absolute atomic E-state index is 13.0. The lowest BCUT2D eigenvalue weighted by molar-refractivity contribution is 0.164. The fraction of sp³-hybridized carbons (Fsp3) is 0.421. The Bertz CT molecular complexity index is 1010. The number of nitrogen functional groups attached to an aromatic ring is 1. The Labute approximate surface area is 182 Å². The first kappa shape index (κ1) is 23.7. The van der Waals surface area contributed by atoms with E-state index in [9.17, 15) is 9.00 Å². The summed E-state index contributed by atoms with van der Waals surface area (Å²) in [7, 11) is -2.98. The van der Waals surface area contributed by atoms with Crippen LogP contribution in [-0.4, -0.2) is 46.2 Å². The minimum Gasteiger partial charge on any atom is -0.448 e. The Morgan fingerprint density at radius 2 is 2.00 bits per heavy atom. The monoisotopic (exact) mass is 454 g/mol. The lowest BCUT2D eigenvalue weighted by atomic mass is 10.2. The Kier molecular flexibility index (Phi) is 8.67. The third kappa shape index (κ3) is 7.03. The quantitative estimate of drug-likeness (QED) is 0.295. The third-order valence-electron chi connectivity index (χ3n) is 4.08. The van der Waals surface area contributed by atoms with Crippen LogP contribution in [0.15, 0.2) is 33.7 Å². The molecule has 2 aromatic rings. The number of rotatable bonds is 9. The zero-order chi connectivity index (χ0) is 22.1. The molecule has 0 aliphatic rings. The van der Waals surface area contributed by atoms with Crippen molar-refractivity contribution in [1.82, 2.24) is 9.97 Å². The molecule has 30 heavy (non-hydrogen) atoms. The number of aromatic nitrogens is 2. The van der Waals surface area contributed by atoms with Crippen molar-refractivity contribution < 1.29 is 13.7 Å². The maximum atomic E-state index is 13.0. The van der Waals surface area contributed by atoms with E-state index in [0.29, 0.717) is 35.2 Å². The molecule has 2 rings (SSSR count). The Morgan fingerprint density at radius 1 is 1.30 bits per heavy atom. The number of halogens is 1. The van der Waals surface area contributed by atoms with Gasteiger partial charge < -0.3 is 21.1 Å². The summed E-state index contributed by atoms with van der Waals surface area (Å²) in [6, 6.07) is 4.93. The smallest absolute Gasteiger partial charge is 0.442 e. The number of unbranched alkanes of at least 4 members (excludes halogenated alkanes) is 1. The van der Waals surface area contributed by atoms with Gasteiger partial charge in [-0.3, -0.25) is 0 Å². The van der Waals surface area contributed by atoms with Crippen molar-refractivity contribution >= 4 is 44.6 Å². The van der Waals surface area contributed by atoms with Gasteiger partial charge in [0.05, 0.1) is 26.9 Å². The second kappa shape index (κ2) is 11.0. The Hall–Kier alpha value is -2.59. The van der Waals surface area contributed by atoms with E-state index in [1.165, 1.54) is 6.26 Å². The first-order valence-corrected chi connectivity index (χ1v) is 11.8. The molecule has 4 N–H and O–H groups in total. The van der Waals surface area contributed by atoms with Gasteiger partial charge in [-0.25, -0.2) is 19.0 Å². The van der Waals surface area contributed by atoms with E-state index < -0.39 is 15.8 Å². The SMILES string of the molecule is CCOC(=O)N=S(C)(=O)c1ccc(N)cc1NCCCCNc1nc(Cl)ncc1C. The van der Waals surface area contributed by atoms with Crippen LogP contribution in [-0.2, 0) is 14.5 Å². The summed E-state index contributed by atoms with van der Waals surface area (Å²) in [4.78, 5) is 20.2. The van der Waals surface area contributed by atoms with Crippen LogP contribution in [0.5, 0.6) is 0 Å². The third-order valence-corrected chi connectivity index (χ3v) is 5.93. The largest absolute Gasteiger partial charge is 0.448 e. The van der Waals surface area contributed by atoms with Gasteiger partial charge in [-0.2, -0.15) is 0 Å². The van der Waals surface area contributed by atoms with Crippen molar-refractivity contribution in [2.24, 2.45) is 4.36 Å². The van der Waals surface area contributed by atoms with Gasteiger partial charge in [-0.05, 0) is 56.5 Å². The van der Waals surface area contributed by atoms with E-state index in [2.05, 4.69) is 25.0 Å². The number of carbonyl (C=O) groups is 1. The molecule has 1 unspecified atom stereocenters. The van der Waals surface area contributed by atoms with E-state index in [0.717, 1.165) is 18.4 Å². The van der Waals surface area contributed by atoms with E-state index in [1.54, 1.807) is 31.3 Å². The second-order valence-corrected chi connectivity index (χ2v) is 9.15. The lowest BCUT2D eigenvalue weighted by Gasteiger charge is -2.14. The average molecular weight is 455 g/mol. The molecular weight excluding hydrogens is 428 g/mol. The topological polar surface area (TPSA) is 132 Å². The normalized spacial score (nSPS) is 12.7. The molecular formula is C19H27ClN6O3S. The minimum atomic E-state index is -2.98. The molecule has 1 amide bonds. The molecule has 0 saturated carbocycles. The molecule has 1 aromatic carbocycles. The average Bonchev–Trinajstić information content (AvgIpc) is 2.66. The standard InChI is InChI=1S/C19H27ClN6O3S/c1-4-29-19(27)26-30(3,28)16-8-7-14(21)11-15(16)22-9-5-6-10-23-17-13(2)12-24-18(20)25-17/h7-8,11-12,22H,4-6,9-10,21H2,1-3H3,(H,23,24,25). The van der Waals surface area contributed by atoms with Crippen molar-refractivity contribution in [3.63, 3.8) is 0 Å². The molecule has 9 nitrogen and oxygen atoms in total. The molecule has 0 aliphatic heterocycles. The molecule has 0 saturated heterocycles. The highest BCUT2D eigenvalue weighted by molar-refractivity contribution is 7.93. The van der Waals surface area contributed by atoms with Crippen molar-refractivity contribution in [2.75, 3.05) is 42.3 Å². The van der Waals surface area contributed by atoms with Crippen molar-refractivity contribution in [1.29, 1.82) is 0 Å². The molecule has 11 heteroatoms. The van der Waals surface area contributed by atoms with Crippen LogP contribution in [0.3, 0.4) is 0 Å². The summed E-state index contributed by atoms with van der Waals surface area (Å²) in [6.07, 6.45) is 3.92. The number of amides is 1. The molecule has 1 aromatic heterocycles.